The second kappa shape index (κ2) is 6.68. The largest absolute Gasteiger partial charge is 0.382 e. The summed E-state index contributed by atoms with van der Waals surface area (Å²) in [7, 11) is 3.45. The molecular formula is C13H21N3O3. The molecule has 0 N–H and O–H groups in total. The van der Waals surface area contributed by atoms with Gasteiger partial charge in [0, 0.05) is 33.4 Å². The van der Waals surface area contributed by atoms with Crippen molar-refractivity contribution in [3.8, 4) is 0 Å². The summed E-state index contributed by atoms with van der Waals surface area (Å²) in [6, 6.07) is 1.75. The summed E-state index contributed by atoms with van der Waals surface area (Å²) in [4.78, 5) is 14.1. The molecule has 0 spiro atoms. The van der Waals surface area contributed by atoms with Crippen LogP contribution in [0.15, 0.2) is 12.3 Å². The van der Waals surface area contributed by atoms with E-state index in [0.29, 0.717) is 18.9 Å². The van der Waals surface area contributed by atoms with E-state index in [4.69, 9.17) is 9.47 Å². The third kappa shape index (κ3) is 3.54. The summed E-state index contributed by atoms with van der Waals surface area (Å²) in [5, 5.41) is 4.03. The fourth-order valence-electron chi connectivity index (χ4n) is 2.27. The van der Waals surface area contributed by atoms with Gasteiger partial charge in [0.15, 0.2) is 0 Å². The number of piperidine rings is 1. The van der Waals surface area contributed by atoms with Gasteiger partial charge in [-0.3, -0.25) is 9.48 Å². The van der Waals surface area contributed by atoms with E-state index in [9.17, 15) is 4.79 Å². The first-order valence-electron chi connectivity index (χ1n) is 6.60. The van der Waals surface area contributed by atoms with Crippen LogP contribution in [0.4, 0.5) is 0 Å². The van der Waals surface area contributed by atoms with Gasteiger partial charge in [-0.15, -0.1) is 0 Å². The molecule has 0 atom stereocenters. The van der Waals surface area contributed by atoms with Crippen LogP contribution in [0.1, 0.15) is 23.3 Å². The molecule has 2 heterocycles. The van der Waals surface area contributed by atoms with Crippen molar-refractivity contribution >= 4 is 5.91 Å². The predicted octanol–water partition coefficient (Wildman–Crippen LogP) is 0.688. The lowest BCUT2D eigenvalue weighted by molar-refractivity contribution is -0.0124. The number of aryl methyl sites for hydroxylation is 1. The monoisotopic (exact) mass is 267 g/mol. The molecule has 0 aromatic carbocycles. The molecule has 6 heteroatoms. The first kappa shape index (κ1) is 14.0. The molecule has 1 aromatic heterocycles. The van der Waals surface area contributed by atoms with Gasteiger partial charge in [0.1, 0.15) is 5.69 Å². The highest BCUT2D eigenvalue weighted by atomic mass is 16.5. The lowest BCUT2D eigenvalue weighted by Crippen LogP contribution is -2.41. The van der Waals surface area contributed by atoms with Crippen LogP contribution in [-0.2, 0) is 16.5 Å². The van der Waals surface area contributed by atoms with Crippen molar-refractivity contribution in [3.05, 3.63) is 18.0 Å². The molecule has 1 aliphatic heterocycles. The van der Waals surface area contributed by atoms with Crippen LogP contribution in [0.25, 0.3) is 0 Å². The summed E-state index contributed by atoms with van der Waals surface area (Å²) < 4.78 is 12.3. The molecule has 1 saturated heterocycles. The highest BCUT2D eigenvalue weighted by Gasteiger charge is 2.25. The van der Waals surface area contributed by atoms with Gasteiger partial charge in [-0.25, -0.2) is 0 Å². The molecule has 106 valence electrons. The van der Waals surface area contributed by atoms with Crippen molar-refractivity contribution in [2.24, 2.45) is 7.05 Å². The van der Waals surface area contributed by atoms with Crippen LogP contribution >= 0.6 is 0 Å². The average Bonchev–Trinajstić information content (AvgIpc) is 2.85. The SMILES string of the molecule is COCCOC1CCN(C(=O)c2ccnn2C)CC1. The van der Waals surface area contributed by atoms with Gasteiger partial charge in [-0.05, 0) is 18.9 Å². The zero-order valence-electron chi connectivity index (χ0n) is 11.5. The highest BCUT2D eigenvalue weighted by Crippen LogP contribution is 2.16. The Morgan fingerprint density at radius 2 is 2.16 bits per heavy atom. The van der Waals surface area contributed by atoms with E-state index in [-0.39, 0.29) is 12.0 Å². The Kier molecular flexibility index (Phi) is 4.93. The third-order valence-corrected chi connectivity index (χ3v) is 3.41. The molecule has 1 aromatic rings. The van der Waals surface area contributed by atoms with Crippen molar-refractivity contribution in [1.82, 2.24) is 14.7 Å². The van der Waals surface area contributed by atoms with Crippen LogP contribution in [0.3, 0.4) is 0 Å². The molecule has 0 radical (unpaired) electrons. The zero-order valence-corrected chi connectivity index (χ0v) is 11.5. The van der Waals surface area contributed by atoms with Crippen molar-refractivity contribution in [3.63, 3.8) is 0 Å². The minimum Gasteiger partial charge on any atom is -0.382 e. The van der Waals surface area contributed by atoms with Gasteiger partial charge < -0.3 is 14.4 Å². The topological polar surface area (TPSA) is 56.6 Å². The summed E-state index contributed by atoms with van der Waals surface area (Å²) in [6.45, 7) is 2.72. The number of hydrogen-bond donors (Lipinski definition) is 0. The second-order valence-corrected chi connectivity index (χ2v) is 4.70. The zero-order chi connectivity index (χ0) is 13.7. The third-order valence-electron chi connectivity index (χ3n) is 3.41. The van der Waals surface area contributed by atoms with Crippen LogP contribution in [0, 0.1) is 0 Å². The molecule has 0 unspecified atom stereocenters. The maximum absolute atomic E-state index is 12.3. The molecule has 1 fully saturated rings. The van der Waals surface area contributed by atoms with E-state index in [0.717, 1.165) is 25.9 Å². The van der Waals surface area contributed by atoms with E-state index < -0.39 is 0 Å². The number of rotatable bonds is 5. The number of nitrogens with zero attached hydrogens (tertiary/aromatic N) is 3. The van der Waals surface area contributed by atoms with Crippen LogP contribution in [-0.4, -0.2) is 60.1 Å². The fraction of sp³-hybridized carbons (Fsp3) is 0.692. The molecule has 6 nitrogen and oxygen atoms in total. The lowest BCUT2D eigenvalue weighted by atomic mass is 10.1. The van der Waals surface area contributed by atoms with E-state index in [1.165, 1.54) is 0 Å². The van der Waals surface area contributed by atoms with Crippen molar-refractivity contribution in [2.75, 3.05) is 33.4 Å². The van der Waals surface area contributed by atoms with E-state index >= 15 is 0 Å². The maximum Gasteiger partial charge on any atom is 0.272 e. The second-order valence-electron chi connectivity index (χ2n) is 4.70. The quantitative estimate of drug-likeness (QED) is 0.736. The number of ether oxygens (including phenoxy) is 2. The molecule has 0 bridgehead atoms. The van der Waals surface area contributed by atoms with Gasteiger partial charge in [0.25, 0.3) is 5.91 Å². The number of aromatic nitrogens is 2. The first-order valence-corrected chi connectivity index (χ1v) is 6.60. The minimum atomic E-state index is 0.0512. The first-order chi connectivity index (χ1) is 9.22. The molecule has 0 saturated carbocycles. The fourth-order valence-corrected chi connectivity index (χ4v) is 2.27. The number of hydrogen-bond acceptors (Lipinski definition) is 4. The van der Waals surface area contributed by atoms with E-state index in [1.807, 2.05) is 4.90 Å². The highest BCUT2D eigenvalue weighted by molar-refractivity contribution is 5.92. The Morgan fingerprint density at radius 1 is 1.42 bits per heavy atom. The number of methoxy groups -OCH3 is 1. The van der Waals surface area contributed by atoms with Crippen LogP contribution in [0.5, 0.6) is 0 Å². The van der Waals surface area contributed by atoms with Crippen molar-refractivity contribution < 1.29 is 14.3 Å². The van der Waals surface area contributed by atoms with Gasteiger partial charge in [-0.2, -0.15) is 5.10 Å². The molecule has 19 heavy (non-hydrogen) atoms. The smallest absolute Gasteiger partial charge is 0.272 e. The standard InChI is InChI=1S/C13H21N3O3/c1-15-12(3-6-14-15)13(17)16-7-4-11(5-8-16)19-10-9-18-2/h3,6,11H,4-5,7-10H2,1-2H3. The Bertz CT molecular complexity index is 411. The normalized spacial score (nSPS) is 16.8. The maximum atomic E-state index is 12.3. The van der Waals surface area contributed by atoms with Gasteiger partial charge >= 0.3 is 0 Å². The number of likely N-dealkylation sites (tertiary alicyclic amines) is 1. The number of amides is 1. The molecule has 1 amide bonds. The summed E-state index contributed by atoms with van der Waals surface area (Å²) in [5.74, 6) is 0.0512. The minimum absolute atomic E-state index is 0.0512. The van der Waals surface area contributed by atoms with Gasteiger partial charge in [-0.1, -0.05) is 0 Å². The van der Waals surface area contributed by atoms with E-state index in [1.54, 1.807) is 31.1 Å². The Hall–Kier alpha value is -1.40. The Morgan fingerprint density at radius 3 is 2.74 bits per heavy atom. The van der Waals surface area contributed by atoms with Crippen molar-refractivity contribution in [1.29, 1.82) is 0 Å². The number of carbonyl (C=O) groups excluding carboxylic acids is 1. The average molecular weight is 267 g/mol. The van der Waals surface area contributed by atoms with Gasteiger partial charge in [0.2, 0.25) is 0 Å². The summed E-state index contributed by atoms with van der Waals surface area (Å²) in [5.41, 5.74) is 0.638. The summed E-state index contributed by atoms with van der Waals surface area (Å²) in [6.07, 6.45) is 3.65. The Balaban J connectivity index is 1.80. The van der Waals surface area contributed by atoms with Crippen molar-refractivity contribution in [2.45, 2.75) is 18.9 Å². The van der Waals surface area contributed by atoms with Crippen LogP contribution in [0.2, 0.25) is 0 Å². The Labute approximate surface area is 113 Å². The number of carbonyl (C=O) groups is 1. The van der Waals surface area contributed by atoms with E-state index in [2.05, 4.69) is 5.10 Å². The molecular weight excluding hydrogens is 246 g/mol. The van der Waals surface area contributed by atoms with Crippen LogP contribution < -0.4 is 0 Å². The van der Waals surface area contributed by atoms with Gasteiger partial charge in [0.05, 0.1) is 19.3 Å². The summed E-state index contributed by atoms with van der Waals surface area (Å²) >= 11 is 0. The molecule has 1 aliphatic rings. The molecule has 2 rings (SSSR count). The molecule has 0 aliphatic carbocycles. The lowest BCUT2D eigenvalue weighted by Gasteiger charge is -2.31. The predicted molar refractivity (Wildman–Crippen MR) is 70.0 cm³/mol.